The minimum absolute atomic E-state index is 0.610. The van der Waals surface area contributed by atoms with E-state index >= 15 is 0 Å². The Balaban J connectivity index is 1.10. The minimum atomic E-state index is -0.610. The predicted molar refractivity (Wildman–Crippen MR) is 217 cm³/mol. The quantitative estimate of drug-likeness (QED) is 0.111. The standard InChI is InChI=1S/C49H38N2O2/c50-43-23-11-35(12-24-43)37-15-27-45(28-16-37)52-47-31-19-41(20-32-47)49(39-7-3-1-4-8-39,40-9-5-2-6-10-40)42-21-33-48(34-22-42)53-46-29-17-38(18-30-46)36-13-25-44(51)26-14-36/h1-34H,50-51H2. The van der Waals surface area contributed by atoms with Crippen molar-refractivity contribution in [2.45, 2.75) is 5.41 Å². The number of benzene rings is 8. The van der Waals surface area contributed by atoms with Crippen molar-refractivity contribution in [3.63, 3.8) is 0 Å². The van der Waals surface area contributed by atoms with Gasteiger partial charge in [0.15, 0.2) is 0 Å². The van der Waals surface area contributed by atoms with Crippen molar-refractivity contribution in [1.29, 1.82) is 0 Å². The zero-order chi connectivity index (χ0) is 36.0. The maximum Gasteiger partial charge on any atom is 0.127 e. The number of hydrogen-bond acceptors (Lipinski definition) is 4. The molecule has 4 heteroatoms. The van der Waals surface area contributed by atoms with Gasteiger partial charge in [0.25, 0.3) is 0 Å². The van der Waals surface area contributed by atoms with Gasteiger partial charge in [-0.25, -0.2) is 0 Å². The van der Waals surface area contributed by atoms with Gasteiger partial charge in [0, 0.05) is 11.4 Å². The Morgan fingerprint density at radius 2 is 0.509 bits per heavy atom. The van der Waals surface area contributed by atoms with Gasteiger partial charge in [-0.2, -0.15) is 0 Å². The average molecular weight is 687 g/mol. The van der Waals surface area contributed by atoms with Crippen LogP contribution in [0.2, 0.25) is 0 Å². The van der Waals surface area contributed by atoms with Gasteiger partial charge in [0.2, 0.25) is 0 Å². The van der Waals surface area contributed by atoms with Crippen molar-refractivity contribution in [1.82, 2.24) is 0 Å². The van der Waals surface area contributed by atoms with E-state index < -0.39 is 5.41 Å². The summed E-state index contributed by atoms with van der Waals surface area (Å²) in [7, 11) is 0. The highest BCUT2D eigenvalue weighted by Crippen LogP contribution is 2.46. The summed E-state index contributed by atoms with van der Waals surface area (Å²) in [6.45, 7) is 0. The molecule has 0 aromatic heterocycles. The van der Waals surface area contributed by atoms with E-state index in [1.807, 2.05) is 72.8 Å². The van der Waals surface area contributed by atoms with Gasteiger partial charge >= 0.3 is 0 Å². The van der Waals surface area contributed by atoms with Crippen molar-refractivity contribution in [2.75, 3.05) is 11.5 Å². The summed E-state index contributed by atoms with van der Waals surface area (Å²) < 4.78 is 12.7. The highest BCUT2D eigenvalue weighted by Gasteiger charge is 2.38. The van der Waals surface area contributed by atoms with E-state index in [1.165, 1.54) is 0 Å². The second-order valence-corrected chi connectivity index (χ2v) is 13.0. The van der Waals surface area contributed by atoms with Crippen molar-refractivity contribution in [3.8, 4) is 45.3 Å². The molecule has 0 aliphatic carbocycles. The van der Waals surface area contributed by atoms with Gasteiger partial charge in [-0.05, 0) is 117 Å². The number of hydrogen-bond donors (Lipinski definition) is 2. The van der Waals surface area contributed by atoms with Crippen molar-refractivity contribution in [2.24, 2.45) is 0 Å². The first-order chi connectivity index (χ1) is 26.0. The van der Waals surface area contributed by atoms with E-state index in [2.05, 4.69) is 133 Å². The first kappa shape index (κ1) is 33.1. The molecule has 0 amide bonds. The van der Waals surface area contributed by atoms with Gasteiger partial charge in [-0.1, -0.05) is 133 Å². The van der Waals surface area contributed by atoms with Crippen LogP contribution in [0.15, 0.2) is 206 Å². The van der Waals surface area contributed by atoms with Crippen LogP contribution < -0.4 is 20.9 Å². The van der Waals surface area contributed by atoms with Gasteiger partial charge in [0.1, 0.15) is 23.0 Å². The second-order valence-electron chi connectivity index (χ2n) is 13.0. The van der Waals surface area contributed by atoms with Gasteiger partial charge in [-0.3, -0.25) is 0 Å². The zero-order valence-electron chi connectivity index (χ0n) is 29.1. The van der Waals surface area contributed by atoms with Crippen LogP contribution in [-0.4, -0.2) is 0 Å². The molecule has 256 valence electrons. The fourth-order valence-electron chi connectivity index (χ4n) is 6.98. The molecule has 0 heterocycles. The van der Waals surface area contributed by atoms with E-state index in [0.717, 1.165) is 78.9 Å². The molecular formula is C49H38N2O2. The lowest BCUT2D eigenvalue weighted by molar-refractivity contribution is 0.482. The summed E-state index contributed by atoms with van der Waals surface area (Å²) in [6.07, 6.45) is 0. The molecular weight excluding hydrogens is 649 g/mol. The Bertz CT molecular complexity index is 2210. The normalized spacial score (nSPS) is 11.2. The molecule has 0 aliphatic heterocycles. The molecule has 4 nitrogen and oxygen atoms in total. The number of nitrogens with two attached hydrogens (primary N) is 2. The van der Waals surface area contributed by atoms with Crippen LogP contribution in [0.4, 0.5) is 11.4 Å². The first-order valence-electron chi connectivity index (χ1n) is 17.6. The molecule has 8 aromatic carbocycles. The molecule has 0 atom stereocenters. The third-order valence-electron chi connectivity index (χ3n) is 9.66. The Morgan fingerprint density at radius 1 is 0.264 bits per heavy atom. The monoisotopic (exact) mass is 686 g/mol. The predicted octanol–water partition coefficient (Wildman–Crippen LogP) is 12.2. The topological polar surface area (TPSA) is 70.5 Å². The molecule has 0 bridgehead atoms. The van der Waals surface area contributed by atoms with Crippen molar-refractivity contribution < 1.29 is 9.47 Å². The van der Waals surface area contributed by atoms with E-state index in [1.54, 1.807) is 0 Å². The summed E-state index contributed by atoms with van der Waals surface area (Å²) in [6, 6.07) is 70.2. The SMILES string of the molecule is Nc1ccc(-c2ccc(Oc3ccc(C(c4ccccc4)(c4ccccc4)c4ccc(Oc5ccc(-c6ccc(N)cc6)cc5)cc4)cc3)cc2)cc1. The number of anilines is 2. The minimum Gasteiger partial charge on any atom is -0.457 e. The Morgan fingerprint density at radius 3 is 0.811 bits per heavy atom. The van der Waals surface area contributed by atoms with E-state index in [-0.39, 0.29) is 0 Å². The molecule has 0 spiro atoms. The van der Waals surface area contributed by atoms with Gasteiger partial charge in [-0.15, -0.1) is 0 Å². The molecule has 8 aromatic rings. The number of nitrogen functional groups attached to an aromatic ring is 2. The third-order valence-corrected chi connectivity index (χ3v) is 9.66. The Hall–Kier alpha value is -7.04. The van der Waals surface area contributed by atoms with Gasteiger partial charge in [0.05, 0.1) is 5.41 Å². The van der Waals surface area contributed by atoms with Crippen molar-refractivity contribution >= 4 is 11.4 Å². The molecule has 0 radical (unpaired) electrons. The molecule has 0 unspecified atom stereocenters. The van der Waals surface area contributed by atoms with Crippen LogP contribution in [0.25, 0.3) is 22.3 Å². The Kier molecular flexibility index (Phi) is 9.17. The summed E-state index contributed by atoms with van der Waals surface area (Å²) in [5, 5.41) is 0. The van der Waals surface area contributed by atoms with E-state index in [9.17, 15) is 0 Å². The number of rotatable bonds is 10. The second kappa shape index (κ2) is 14.7. The molecule has 8 rings (SSSR count). The van der Waals surface area contributed by atoms with E-state index in [4.69, 9.17) is 20.9 Å². The van der Waals surface area contributed by atoms with Crippen LogP contribution in [-0.2, 0) is 5.41 Å². The first-order valence-corrected chi connectivity index (χ1v) is 17.6. The number of ether oxygens (including phenoxy) is 2. The smallest absolute Gasteiger partial charge is 0.127 e. The molecule has 0 saturated heterocycles. The summed E-state index contributed by atoms with van der Waals surface area (Å²) in [5.74, 6) is 3.06. The molecule has 4 N–H and O–H groups in total. The highest BCUT2D eigenvalue weighted by molar-refractivity contribution is 5.68. The lowest BCUT2D eigenvalue weighted by Crippen LogP contribution is -2.30. The van der Waals surface area contributed by atoms with Crippen LogP contribution in [0.3, 0.4) is 0 Å². The largest absolute Gasteiger partial charge is 0.457 e. The van der Waals surface area contributed by atoms with Crippen LogP contribution >= 0.6 is 0 Å². The molecule has 0 saturated carbocycles. The van der Waals surface area contributed by atoms with Crippen LogP contribution in [0, 0.1) is 0 Å². The molecule has 0 aliphatic rings. The zero-order valence-corrected chi connectivity index (χ0v) is 29.1. The fraction of sp³-hybridized carbons (Fsp3) is 0.0204. The molecule has 53 heavy (non-hydrogen) atoms. The highest BCUT2D eigenvalue weighted by atomic mass is 16.5. The van der Waals surface area contributed by atoms with E-state index in [0.29, 0.717) is 0 Å². The fourth-order valence-corrected chi connectivity index (χ4v) is 6.98. The summed E-state index contributed by atoms with van der Waals surface area (Å²) in [4.78, 5) is 0. The lowest BCUT2D eigenvalue weighted by atomic mass is 9.65. The molecule has 0 fully saturated rings. The van der Waals surface area contributed by atoms with Crippen LogP contribution in [0.1, 0.15) is 22.3 Å². The van der Waals surface area contributed by atoms with Gasteiger partial charge < -0.3 is 20.9 Å². The summed E-state index contributed by atoms with van der Waals surface area (Å²) >= 11 is 0. The Labute approximate surface area is 310 Å². The third kappa shape index (κ3) is 6.99. The van der Waals surface area contributed by atoms with Crippen molar-refractivity contribution in [3.05, 3.63) is 229 Å². The summed E-state index contributed by atoms with van der Waals surface area (Å²) in [5.41, 5.74) is 21.6. The van der Waals surface area contributed by atoms with Crippen LogP contribution in [0.5, 0.6) is 23.0 Å². The maximum atomic E-state index is 6.34. The lowest BCUT2D eigenvalue weighted by Gasteiger charge is -2.37. The average Bonchev–Trinajstić information content (AvgIpc) is 3.21. The maximum absolute atomic E-state index is 6.34.